The van der Waals surface area contributed by atoms with Gasteiger partial charge in [0.05, 0.1) is 0 Å². The number of nitrogens with one attached hydrogen (secondary N) is 1. The van der Waals surface area contributed by atoms with E-state index in [1.807, 2.05) is 4.52 Å². The minimum atomic E-state index is 0.171. The van der Waals surface area contributed by atoms with Gasteiger partial charge in [0.2, 0.25) is 4.96 Å². The van der Waals surface area contributed by atoms with Gasteiger partial charge in [-0.05, 0) is 32.2 Å². The molecule has 18 heavy (non-hydrogen) atoms. The second kappa shape index (κ2) is 3.74. The van der Waals surface area contributed by atoms with E-state index in [0.717, 1.165) is 23.9 Å². The number of aromatic nitrogens is 4. The summed E-state index contributed by atoms with van der Waals surface area (Å²) in [5, 5.41) is 18.0. The summed E-state index contributed by atoms with van der Waals surface area (Å²) in [4.78, 5) is 0.957. The molecule has 4 rings (SSSR count). The first-order valence-corrected chi connectivity index (χ1v) is 7.51. The molecular weight excluding hydrogens is 246 g/mol. The van der Waals surface area contributed by atoms with Gasteiger partial charge in [-0.25, -0.2) is 0 Å². The van der Waals surface area contributed by atoms with Crippen molar-refractivity contribution in [2.24, 2.45) is 0 Å². The monoisotopic (exact) mass is 263 g/mol. The third kappa shape index (κ3) is 1.59. The molecule has 0 amide bonds. The summed E-state index contributed by atoms with van der Waals surface area (Å²) in [7, 11) is 0. The first-order valence-electron chi connectivity index (χ1n) is 6.70. The van der Waals surface area contributed by atoms with Gasteiger partial charge in [0, 0.05) is 17.9 Å². The Labute approximate surface area is 110 Å². The molecule has 1 aliphatic heterocycles. The molecule has 2 aliphatic rings. The van der Waals surface area contributed by atoms with Crippen LogP contribution in [0.25, 0.3) is 4.96 Å². The van der Waals surface area contributed by atoms with Crippen LogP contribution in [0.15, 0.2) is 0 Å². The van der Waals surface area contributed by atoms with Crippen LogP contribution < -0.4 is 5.32 Å². The van der Waals surface area contributed by atoms with E-state index < -0.39 is 0 Å². The van der Waals surface area contributed by atoms with Gasteiger partial charge in [-0.3, -0.25) is 0 Å². The molecule has 1 unspecified atom stereocenters. The van der Waals surface area contributed by atoms with Crippen molar-refractivity contribution in [2.45, 2.75) is 43.9 Å². The van der Waals surface area contributed by atoms with Gasteiger partial charge in [-0.1, -0.05) is 18.3 Å². The van der Waals surface area contributed by atoms with E-state index in [4.69, 9.17) is 5.10 Å². The van der Waals surface area contributed by atoms with Crippen LogP contribution in [0.1, 0.15) is 49.4 Å². The van der Waals surface area contributed by atoms with Crippen LogP contribution in [0.4, 0.5) is 0 Å². The first-order chi connectivity index (χ1) is 8.76. The lowest BCUT2D eigenvalue weighted by molar-refractivity contribution is 0.336. The Morgan fingerprint density at radius 2 is 2.28 bits per heavy atom. The van der Waals surface area contributed by atoms with Gasteiger partial charge in [-0.2, -0.15) is 9.61 Å². The predicted molar refractivity (Wildman–Crippen MR) is 70.1 cm³/mol. The van der Waals surface area contributed by atoms with Gasteiger partial charge >= 0.3 is 0 Å². The van der Waals surface area contributed by atoms with Gasteiger partial charge in [-0.15, -0.1) is 10.2 Å². The summed E-state index contributed by atoms with van der Waals surface area (Å²) in [6.45, 7) is 4.46. The average molecular weight is 263 g/mol. The summed E-state index contributed by atoms with van der Waals surface area (Å²) >= 11 is 1.71. The number of hydrogen-bond acceptors (Lipinski definition) is 5. The maximum atomic E-state index is 4.80. The van der Waals surface area contributed by atoms with E-state index in [1.54, 1.807) is 11.3 Å². The zero-order valence-corrected chi connectivity index (χ0v) is 11.3. The average Bonchev–Trinajstić information content (AvgIpc) is 2.99. The number of piperidine rings is 1. The minimum absolute atomic E-state index is 0.171. The van der Waals surface area contributed by atoms with E-state index >= 15 is 0 Å². The third-order valence-electron chi connectivity index (χ3n) is 4.07. The summed E-state index contributed by atoms with van der Waals surface area (Å²) in [5.41, 5.74) is 0.171. The van der Waals surface area contributed by atoms with Gasteiger partial charge in [0.15, 0.2) is 5.82 Å². The van der Waals surface area contributed by atoms with E-state index in [1.165, 1.54) is 30.7 Å². The zero-order valence-electron chi connectivity index (χ0n) is 10.5. The van der Waals surface area contributed by atoms with Gasteiger partial charge in [0.1, 0.15) is 5.01 Å². The summed E-state index contributed by atoms with van der Waals surface area (Å²) in [6.07, 6.45) is 4.92. The Hall–Kier alpha value is -1.01. The number of hydrogen-bond donors (Lipinski definition) is 1. The lowest BCUT2D eigenvalue weighted by atomic mass is 9.83. The van der Waals surface area contributed by atoms with Crippen LogP contribution in [0.3, 0.4) is 0 Å². The van der Waals surface area contributed by atoms with Crippen molar-refractivity contribution in [1.82, 2.24) is 25.1 Å². The fourth-order valence-corrected chi connectivity index (χ4v) is 3.73. The molecular formula is C12H17N5S. The second-order valence-corrected chi connectivity index (χ2v) is 6.73. The molecule has 2 aromatic heterocycles. The standard InChI is InChI=1S/C12H17N5S/c1-12(5-2-6-13-7-12)10-16-17-9(8-3-4-8)14-15-11(17)18-10/h8,13H,2-7H2,1H3. The lowest BCUT2D eigenvalue weighted by Gasteiger charge is -2.31. The fraction of sp³-hybridized carbons (Fsp3) is 0.750. The molecule has 1 atom stereocenters. The highest BCUT2D eigenvalue weighted by Gasteiger charge is 2.35. The molecule has 2 fully saturated rings. The van der Waals surface area contributed by atoms with E-state index in [2.05, 4.69) is 22.4 Å². The fourth-order valence-electron chi connectivity index (χ4n) is 2.71. The maximum absolute atomic E-state index is 4.80. The Morgan fingerprint density at radius 1 is 1.39 bits per heavy atom. The van der Waals surface area contributed by atoms with Gasteiger partial charge < -0.3 is 5.32 Å². The molecule has 6 heteroatoms. The van der Waals surface area contributed by atoms with Crippen LogP contribution in [-0.2, 0) is 5.41 Å². The van der Waals surface area contributed by atoms with Crippen molar-refractivity contribution in [1.29, 1.82) is 0 Å². The SMILES string of the molecule is CC1(c2nn3c(C4CC4)nnc3s2)CCCNC1. The molecule has 0 spiro atoms. The molecule has 2 aromatic rings. The summed E-state index contributed by atoms with van der Waals surface area (Å²) in [5.74, 6) is 1.67. The van der Waals surface area contributed by atoms with E-state index in [-0.39, 0.29) is 5.41 Å². The maximum Gasteiger partial charge on any atom is 0.234 e. The van der Waals surface area contributed by atoms with Crippen molar-refractivity contribution in [3.8, 4) is 0 Å². The molecule has 0 bridgehead atoms. The molecule has 0 aromatic carbocycles. The molecule has 5 nitrogen and oxygen atoms in total. The molecule has 1 saturated carbocycles. The van der Waals surface area contributed by atoms with Crippen LogP contribution in [0.5, 0.6) is 0 Å². The quantitative estimate of drug-likeness (QED) is 0.896. The Morgan fingerprint density at radius 3 is 3.00 bits per heavy atom. The summed E-state index contributed by atoms with van der Waals surface area (Å²) in [6, 6.07) is 0. The molecule has 0 radical (unpaired) electrons. The van der Waals surface area contributed by atoms with Crippen molar-refractivity contribution < 1.29 is 0 Å². The number of nitrogens with zero attached hydrogens (tertiary/aromatic N) is 4. The third-order valence-corrected chi connectivity index (χ3v) is 5.28. The number of rotatable bonds is 2. The first kappa shape index (κ1) is 10.9. The normalized spacial score (nSPS) is 28.9. The largest absolute Gasteiger partial charge is 0.316 e. The Balaban J connectivity index is 1.76. The smallest absolute Gasteiger partial charge is 0.234 e. The van der Waals surface area contributed by atoms with Crippen LogP contribution in [0.2, 0.25) is 0 Å². The minimum Gasteiger partial charge on any atom is -0.316 e. The molecule has 96 valence electrons. The van der Waals surface area contributed by atoms with Crippen molar-refractivity contribution in [3.05, 3.63) is 10.8 Å². The molecule has 1 aliphatic carbocycles. The van der Waals surface area contributed by atoms with Crippen molar-refractivity contribution in [3.63, 3.8) is 0 Å². The van der Waals surface area contributed by atoms with E-state index in [0.29, 0.717) is 5.92 Å². The topological polar surface area (TPSA) is 55.1 Å². The molecule has 1 saturated heterocycles. The highest BCUT2D eigenvalue weighted by Crippen LogP contribution is 2.40. The van der Waals surface area contributed by atoms with Crippen LogP contribution in [-0.4, -0.2) is 32.9 Å². The van der Waals surface area contributed by atoms with Crippen LogP contribution in [0, 0.1) is 0 Å². The highest BCUT2D eigenvalue weighted by atomic mass is 32.1. The lowest BCUT2D eigenvalue weighted by Crippen LogP contribution is -2.41. The van der Waals surface area contributed by atoms with Crippen molar-refractivity contribution in [2.75, 3.05) is 13.1 Å². The zero-order chi connectivity index (χ0) is 12.2. The Bertz CT molecular complexity index is 576. The van der Waals surface area contributed by atoms with E-state index in [9.17, 15) is 0 Å². The van der Waals surface area contributed by atoms with Gasteiger partial charge in [0.25, 0.3) is 0 Å². The highest BCUT2D eigenvalue weighted by molar-refractivity contribution is 7.16. The van der Waals surface area contributed by atoms with Crippen molar-refractivity contribution >= 4 is 16.3 Å². The molecule has 1 N–H and O–H groups in total. The second-order valence-electron chi connectivity index (χ2n) is 5.78. The molecule has 3 heterocycles. The summed E-state index contributed by atoms with van der Waals surface area (Å²) < 4.78 is 1.98. The number of fused-ring (bicyclic) bond motifs is 1. The predicted octanol–water partition coefficient (Wildman–Crippen LogP) is 1.70. The van der Waals surface area contributed by atoms with Crippen LogP contribution >= 0.6 is 11.3 Å². The Kier molecular flexibility index (Phi) is 2.26.